The number of nitro benzene ring substituents is 3. The van der Waals surface area contributed by atoms with Gasteiger partial charge in [-0.25, -0.2) is 38.4 Å². The first kappa shape index (κ1) is 96.8. The summed E-state index contributed by atoms with van der Waals surface area (Å²) in [4.78, 5) is 152. The zero-order valence-corrected chi connectivity index (χ0v) is 65.7. The predicted octanol–water partition coefficient (Wildman–Crippen LogP) is 10.5. The van der Waals surface area contributed by atoms with Crippen LogP contribution >= 0.6 is 0 Å². The van der Waals surface area contributed by atoms with Crippen molar-refractivity contribution in [3.05, 3.63) is 304 Å². The number of carbonyl (C=O) groups excluding carboxylic acids is 9. The standard InChI is InChI=1S/C17H16N2O6.C16H14N2O6.C16H14N2O3.C15H12N2O3.C8H6FNO4.C8H9NO2.CH3F.Li.2H2O/c1-18(13-7-5-4-6-12(13)17(21)25-3)14-9-8-11(16(20)24-2)10-15(14)19(22)23;1-23-15(19)10-7-8-13(14(9-10)18(21)22)17-12-6-4-3-5-11(12)16(20)24-2;1-18-13-6-4-3-5-11(13)15(19)17-12-9-10(16(20)21-2)7-8-14(12)18;1-17-12-5-3-2-4-10(12)14(18)16-11-8-9(15(19)20)6-7-13(11)17;1-14-8(11)5-2-3-6(9)7(4-5)10(12)13;1-11-8(10)6-4-2-3-5-7(6)9;1-2;;;/h4-10H,1-3H3;3-9,17H,1-2H3;3-9H,1-2H3,(H,17,19);2-8H,1H3,(H,16,18)(H,19,20);2-4H,1H3;2-5H,9H2,1H3;1H3;;2*1H2/q;;;;;;;+1;;/p-1/i;;;;;;1D;;;. The van der Waals surface area contributed by atoms with Gasteiger partial charge in [-0.15, -0.1) is 0 Å². The van der Waals surface area contributed by atoms with E-state index in [0.29, 0.717) is 50.7 Å². The number of esters is 7. The van der Waals surface area contributed by atoms with Crippen LogP contribution in [0.4, 0.5) is 88.4 Å². The van der Waals surface area contributed by atoms with Crippen molar-refractivity contribution in [3.8, 4) is 0 Å². The first-order valence-corrected chi connectivity index (χ1v) is 33.6. The van der Waals surface area contributed by atoms with Crippen LogP contribution in [0.5, 0.6) is 0 Å². The second-order valence-corrected chi connectivity index (χ2v) is 23.5. The molecule has 0 unspecified atom stereocenters. The second kappa shape index (κ2) is 46.7. The normalized spacial score (nSPS) is 10.6. The molecule has 0 spiro atoms. The van der Waals surface area contributed by atoms with E-state index in [4.69, 9.17) is 21.7 Å². The molecule has 0 saturated carbocycles. The number of fused-ring (bicyclic) bond motifs is 4. The molecule has 0 atom stereocenters. The Morgan fingerprint density at radius 1 is 0.450 bits per heavy atom. The van der Waals surface area contributed by atoms with Gasteiger partial charge in [-0.2, -0.15) is 4.39 Å². The van der Waals surface area contributed by atoms with Crippen molar-refractivity contribution in [2.75, 3.05) is 114 Å². The number of carboxylic acid groups (broad SMARTS) is 1. The number of para-hydroxylation sites is 5. The number of hydrogen-bond donors (Lipinski definition) is 5. The summed E-state index contributed by atoms with van der Waals surface area (Å²) in [6.07, 6.45) is 0. The van der Waals surface area contributed by atoms with E-state index in [1.165, 1.54) is 90.0 Å². The maximum Gasteiger partial charge on any atom is 1.00 e. The van der Waals surface area contributed by atoms with Crippen molar-refractivity contribution in [1.29, 1.82) is 0 Å². The van der Waals surface area contributed by atoms with Gasteiger partial charge in [0.05, 0.1) is 174 Å². The van der Waals surface area contributed by atoms with Gasteiger partial charge in [-0.05, 0) is 133 Å². The predicted molar refractivity (Wildman–Crippen MR) is 431 cm³/mol. The van der Waals surface area contributed by atoms with Crippen LogP contribution < -0.4 is 55.2 Å². The minimum Gasteiger partial charge on any atom is -0.870 e. The topological polar surface area (TPSA) is 518 Å². The van der Waals surface area contributed by atoms with E-state index in [-0.39, 0.29) is 97.8 Å². The number of carbonyl (C=O) groups is 10. The van der Waals surface area contributed by atoms with E-state index in [1.807, 2.05) is 54.2 Å². The number of nitrogens with one attached hydrogen (secondary N) is 3. The van der Waals surface area contributed by atoms with Crippen LogP contribution in [0.3, 0.4) is 0 Å². The Kier molecular flexibility index (Phi) is 37.7. The van der Waals surface area contributed by atoms with Gasteiger partial charge in [0.25, 0.3) is 23.2 Å². The number of halogens is 2. The molecule has 2 aliphatic rings. The molecule has 12 rings (SSSR count). The molecule has 0 radical (unpaired) electrons. The number of aromatic carboxylic acids is 1. The van der Waals surface area contributed by atoms with Gasteiger partial charge in [-0.1, -0.05) is 60.7 Å². The minimum absolute atomic E-state index is 0. The number of ether oxygens (including phenoxy) is 7. The molecule has 622 valence electrons. The van der Waals surface area contributed by atoms with Gasteiger partial charge in [-0.3, -0.25) is 44.3 Å². The van der Waals surface area contributed by atoms with Crippen LogP contribution in [0.25, 0.3) is 0 Å². The van der Waals surface area contributed by atoms with Crippen LogP contribution in [0.1, 0.15) is 105 Å². The smallest absolute Gasteiger partial charge is 0.870 e. The Bertz CT molecular complexity index is 5480. The number of nitrogen functional groups attached to an aromatic ring is 1. The fraction of sp³-hybridized carbons (Fsp3) is 0.136. The number of anilines is 11. The Morgan fingerprint density at radius 3 is 1.26 bits per heavy atom. The van der Waals surface area contributed by atoms with E-state index in [9.17, 15) is 87.1 Å². The average Bonchev–Trinajstić information content (AvgIpc) is 1.73. The van der Waals surface area contributed by atoms with Crippen LogP contribution in [0.15, 0.2) is 212 Å². The van der Waals surface area contributed by atoms with Crippen molar-refractivity contribution in [3.63, 3.8) is 0 Å². The number of rotatable bonds is 15. The number of carboxylic acids is 1. The molecule has 2 amide bonds. The molecule has 0 fully saturated rings. The molecule has 10 aromatic carbocycles. The Balaban J connectivity index is 0.000000376. The van der Waals surface area contributed by atoms with Crippen molar-refractivity contribution < 1.29 is 141 Å². The van der Waals surface area contributed by atoms with Crippen molar-refractivity contribution in [2.24, 2.45) is 0 Å². The van der Waals surface area contributed by atoms with Crippen molar-refractivity contribution in [1.82, 2.24) is 0 Å². The fourth-order valence-electron chi connectivity index (χ4n) is 10.9. The number of benzene rings is 10. The Hall–Kier alpha value is -15.5. The molecular formula is C81H77F2LiN10O26. The van der Waals surface area contributed by atoms with Gasteiger partial charge in [0.15, 0.2) is 0 Å². The SMILES string of the molecule is CN1c2ccc(C(=O)O)cc2NC(=O)c2ccccc21.COC(=O)c1ccc(F)c([N+](=O)[O-])c1.COC(=O)c1ccc(N(C)c2ccccc2C(=O)OC)c([N+](=O)[O-])c1.COC(=O)c1ccc(Nc2ccccc2C(=O)OC)c([N+](=O)[O-])c1.COC(=O)c1ccc2c(c1)NC(=O)c1ccccc1N2C.COC(=O)c1ccccc1N.O.[2H]CF.[Li+].[OH-]. The van der Waals surface area contributed by atoms with Gasteiger partial charge in [0.2, 0.25) is 5.82 Å². The number of alkyl halides is 1. The molecule has 39 heteroatoms. The van der Waals surface area contributed by atoms with E-state index in [0.717, 1.165) is 60.2 Å². The van der Waals surface area contributed by atoms with Gasteiger partial charge < -0.3 is 85.6 Å². The third-order valence-electron chi connectivity index (χ3n) is 16.7. The zero-order chi connectivity index (χ0) is 87.2. The first-order chi connectivity index (χ1) is 56.3. The summed E-state index contributed by atoms with van der Waals surface area (Å²) < 4.78 is 60.4. The number of amides is 2. The quantitative estimate of drug-likeness (QED) is 0.0159. The molecule has 2 aliphatic heterocycles. The maximum absolute atomic E-state index is 12.8. The summed E-state index contributed by atoms with van der Waals surface area (Å²) in [6.45, 7) is 0. The molecule has 36 nitrogen and oxygen atoms in total. The molecule has 0 aliphatic carbocycles. The van der Waals surface area contributed by atoms with E-state index in [2.05, 4.69) is 39.6 Å². The third-order valence-corrected chi connectivity index (χ3v) is 16.7. The van der Waals surface area contributed by atoms with E-state index >= 15 is 0 Å². The summed E-state index contributed by atoms with van der Waals surface area (Å²) in [5, 5.41) is 50.5. The monoisotopic (exact) mass is 1650 g/mol. The summed E-state index contributed by atoms with van der Waals surface area (Å²) in [5.74, 6) is -6.51. The van der Waals surface area contributed by atoms with Crippen molar-refractivity contribution in [2.45, 2.75) is 0 Å². The van der Waals surface area contributed by atoms with Crippen LogP contribution in [0.2, 0.25) is 0 Å². The third kappa shape index (κ3) is 24.8. The molecule has 0 bridgehead atoms. The zero-order valence-electron chi connectivity index (χ0n) is 66.7. The largest absolute Gasteiger partial charge is 1.00 e. The maximum atomic E-state index is 12.8. The molecule has 2 heterocycles. The van der Waals surface area contributed by atoms with Crippen molar-refractivity contribution >= 4 is 139 Å². The molecule has 0 aromatic heterocycles. The van der Waals surface area contributed by atoms with E-state index in [1.54, 1.807) is 116 Å². The molecule has 10 aromatic rings. The number of methoxy groups -OCH3 is 7. The summed E-state index contributed by atoms with van der Waals surface area (Å²) in [7, 11) is 13.0. The summed E-state index contributed by atoms with van der Waals surface area (Å²) >= 11 is 0. The Labute approximate surface area is 695 Å². The van der Waals surface area contributed by atoms with Crippen LogP contribution in [-0.4, -0.2) is 168 Å². The minimum atomic E-state index is -1.02. The summed E-state index contributed by atoms with van der Waals surface area (Å²) in [6, 6.07) is 54.9. The second-order valence-electron chi connectivity index (χ2n) is 23.5. The first-order valence-electron chi connectivity index (χ1n) is 34.3. The van der Waals surface area contributed by atoms with Crippen LogP contribution in [0, 0.1) is 36.2 Å². The fourth-order valence-corrected chi connectivity index (χ4v) is 10.9. The number of nitrogens with two attached hydrogens (primary N) is 1. The Morgan fingerprint density at radius 2 is 0.800 bits per heavy atom. The number of hydrogen-bond acceptors (Lipinski definition) is 29. The van der Waals surface area contributed by atoms with Crippen LogP contribution in [-0.2, 0) is 33.2 Å². The van der Waals surface area contributed by atoms with Gasteiger partial charge >= 0.3 is 72.3 Å². The summed E-state index contributed by atoms with van der Waals surface area (Å²) in [5.41, 5.74) is 12.6. The van der Waals surface area contributed by atoms with Gasteiger partial charge in [0.1, 0.15) is 11.4 Å². The molecule has 120 heavy (non-hydrogen) atoms. The molecule has 0 saturated heterocycles. The van der Waals surface area contributed by atoms with E-state index < -0.39 is 81.2 Å². The molecule has 9 N–H and O–H groups in total. The molecular weight excluding hydrogens is 1570 g/mol. The number of nitro groups is 3. The average molecular weight is 1650 g/mol. The number of nitrogens with zero attached hydrogens (tertiary/aromatic N) is 6. The van der Waals surface area contributed by atoms with Gasteiger partial charge in [0, 0.05) is 45.0 Å².